The van der Waals surface area contributed by atoms with Crippen molar-refractivity contribution in [2.24, 2.45) is 0 Å². The number of rotatable bonds is 1. The van der Waals surface area contributed by atoms with Crippen molar-refractivity contribution < 1.29 is 4.74 Å². The van der Waals surface area contributed by atoms with Gasteiger partial charge in [-0.1, -0.05) is 20.8 Å². The van der Waals surface area contributed by atoms with E-state index in [2.05, 4.69) is 12.2 Å². The van der Waals surface area contributed by atoms with E-state index in [0.717, 1.165) is 19.8 Å². The third-order valence-corrected chi connectivity index (χ3v) is 1.49. The van der Waals surface area contributed by atoms with Gasteiger partial charge in [0, 0.05) is 12.6 Å². The SMILES string of the molecule is CC.CCC1COCCN1. The molecule has 0 aromatic heterocycles. The number of nitrogens with one attached hydrogen (secondary N) is 1. The highest BCUT2D eigenvalue weighted by molar-refractivity contribution is 4.66. The second-order valence-electron chi connectivity index (χ2n) is 2.13. The second-order valence-corrected chi connectivity index (χ2v) is 2.13. The summed E-state index contributed by atoms with van der Waals surface area (Å²) < 4.78 is 5.21. The minimum absolute atomic E-state index is 0.615. The molecule has 0 radical (unpaired) electrons. The van der Waals surface area contributed by atoms with Gasteiger partial charge in [0.1, 0.15) is 0 Å². The minimum atomic E-state index is 0.615. The first-order chi connectivity index (χ1) is 4.93. The molecule has 0 aromatic carbocycles. The van der Waals surface area contributed by atoms with Gasteiger partial charge >= 0.3 is 0 Å². The minimum Gasteiger partial charge on any atom is -0.379 e. The summed E-state index contributed by atoms with van der Waals surface area (Å²) in [6, 6.07) is 0.615. The molecule has 1 N–H and O–H groups in total. The molecule has 1 fully saturated rings. The quantitative estimate of drug-likeness (QED) is 0.602. The van der Waals surface area contributed by atoms with E-state index in [1.165, 1.54) is 6.42 Å². The average molecular weight is 145 g/mol. The van der Waals surface area contributed by atoms with Crippen molar-refractivity contribution in [3.63, 3.8) is 0 Å². The average Bonchev–Trinajstić information content (AvgIpc) is 2.10. The van der Waals surface area contributed by atoms with Crippen LogP contribution in [-0.2, 0) is 4.74 Å². The Balaban J connectivity index is 0.000000371. The van der Waals surface area contributed by atoms with Crippen LogP contribution in [0.2, 0.25) is 0 Å². The maximum absolute atomic E-state index is 5.21. The Labute approximate surface area is 64.0 Å². The summed E-state index contributed by atoms with van der Waals surface area (Å²) in [5, 5.41) is 3.34. The van der Waals surface area contributed by atoms with E-state index in [4.69, 9.17) is 4.74 Å². The maximum atomic E-state index is 5.21. The summed E-state index contributed by atoms with van der Waals surface area (Å²) >= 11 is 0. The lowest BCUT2D eigenvalue weighted by atomic mass is 10.2. The van der Waals surface area contributed by atoms with Gasteiger partial charge in [0.05, 0.1) is 13.2 Å². The Morgan fingerprint density at radius 2 is 2.20 bits per heavy atom. The molecule has 2 nitrogen and oxygen atoms in total. The third kappa shape index (κ3) is 3.85. The molecule has 1 aliphatic rings. The Bertz CT molecular complexity index is 60.3. The molecule has 62 valence electrons. The molecule has 0 aliphatic carbocycles. The molecule has 0 spiro atoms. The monoisotopic (exact) mass is 145 g/mol. The molecule has 1 saturated heterocycles. The highest BCUT2D eigenvalue weighted by Gasteiger charge is 2.08. The summed E-state index contributed by atoms with van der Waals surface area (Å²) in [6.45, 7) is 8.98. The third-order valence-electron chi connectivity index (χ3n) is 1.49. The topological polar surface area (TPSA) is 21.3 Å². The van der Waals surface area contributed by atoms with Crippen LogP contribution < -0.4 is 5.32 Å². The van der Waals surface area contributed by atoms with Crippen molar-refractivity contribution in [2.45, 2.75) is 33.2 Å². The lowest BCUT2D eigenvalue weighted by Gasteiger charge is -2.21. The number of morpholine rings is 1. The van der Waals surface area contributed by atoms with E-state index in [0.29, 0.717) is 6.04 Å². The lowest BCUT2D eigenvalue weighted by molar-refractivity contribution is 0.0758. The Morgan fingerprint density at radius 1 is 1.50 bits per heavy atom. The van der Waals surface area contributed by atoms with Gasteiger partial charge < -0.3 is 10.1 Å². The molecule has 1 heterocycles. The van der Waals surface area contributed by atoms with E-state index in [1.807, 2.05) is 13.8 Å². The first kappa shape index (κ1) is 9.92. The molecule has 1 rings (SSSR count). The normalized spacial score (nSPS) is 24.9. The first-order valence-electron chi connectivity index (χ1n) is 4.24. The zero-order valence-electron chi connectivity index (χ0n) is 7.31. The van der Waals surface area contributed by atoms with Crippen molar-refractivity contribution in [1.82, 2.24) is 5.32 Å². The van der Waals surface area contributed by atoms with Crippen LogP contribution in [0.5, 0.6) is 0 Å². The highest BCUT2D eigenvalue weighted by atomic mass is 16.5. The van der Waals surface area contributed by atoms with Crippen molar-refractivity contribution in [3.8, 4) is 0 Å². The van der Waals surface area contributed by atoms with Crippen molar-refractivity contribution in [1.29, 1.82) is 0 Å². The van der Waals surface area contributed by atoms with Gasteiger partial charge in [0.15, 0.2) is 0 Å². The van der Waals surface area contributed by atoms with Crippen molar-refractivity contribution in [3.05, 3.63) is 0 Å². The van der Waals surface area contributed by atoms with Gasteiger partial charge in [0.2, 0.25) is 0 Å². The summed E-state index contributed by atoms with van der Waals surface area (Å²) in [4.78, 5) is 0. The largest absolute Gasteiger partial charge is 0.379 e. The number of ether oxygens (including phenoxy) is 1. The van der Waals surface area contributed by atoms with Gasteiger partial charge in [-0.05, 0) is 6.42 Å². The molecule has 0 aromatic rings. The molecule has 0 amide bonds. The molecule has 1 aliphatic heterocycles. The smallest absolute Gasteiger partial charge is 0.0620 e. The van der Waals surface area contributed by atoms with E-state index >= 15 is 0 Å². The van der Waals surface area contributed by atoms with E-state index < -0.39 is 0 Å². The zero-order chi connectivity index (χ0) is 7.82. The summed E-state index contributed by atoms with van der Waals surface area (Å²) in [5.41, 5.74) is 0. The van der Waals surface area contributed by atoms with Gasteiger partial charge in [-0.15, -0.1) is 0 Å². The maximum Gasteiger partial charge on any atom is 0.0620 e. The molecule has 1 atom stereocenters. The fourth-order valence-electron chi connectivity index (χ4n) is 0.882. The van der Waals surface area contributed by atoms with Crippen molar-refractivity contribution >= 4 is 0 Å². The molecule has 0 saturated carbocycles. The van der Waals surface area contributed by atoms with E-state index in [1.54, 1.807) is 0 Å². The van der Waals surface area contributed by atoms with Crippen LogP contribution in [0, 0.1) is 0 Å². The molecular weight excluding hydrogens is 126 g/mol. The Hall–Kier alpha value is -0.0800. The number of hydrogen-bond donors (Lipinski definition) is 1. The summed E-state index contributed by atoms with van der Waals surface area (Å²) in [5.74, 6) is 0. The first-order valence-corrected chi connectivity index (χ1v) is 4.24. The summed E-state index contributed by atoms with van der Waals surface area (Å²) in [6.07, 6.45) is 1.18. The standard InChI is InChI=1S/C6H13NO.C2H6/c1-2-6-5-8-4-3-7-6;1-2/h6-7H,2-5H2,1H3;1-2H3. The van der Waals surface area contributed by atoms with Crippen molar-refractivity contribution in [2.75, 3.05) is 19.8 Å². The molecule has 0 bridgehead atoms. The van der Waals surface area contributed by atoms with E-state index in [9.17, 15) is 0 Å². The molecule has 1 unspecified atom stereocenters. The van der Waals surface area contributed by atoms with Crippen LogP contribution in [0.4, 0.5) is 0 Å². The molecule has 10 heavy (non-hydrogen) atoms. The van der Waals surface area contributed by atoms with Gasteiger partial charge in [-0.3, -0.25) is 0 Å². The lowest BCUT2D eigenvalue weighted by Crippen LogP contribution is -2.40. The van der Waals surface area contributed by atoms with Gasteiger partial charge in [-0.2, -0.15) is 0 Å². The highest BCUT2D eigenvalue weighted by Crippen LogP contribution is 1.95. The van der Waals surface area contributed by atoms with E-state index in [-0.39, 0.29) is 0 Å². The van der Waals surface area contributed by atoms with Gasteiger partial charge in [0.25, 0.3) is 0 Å². The van der Waals surface area contributed by atoms with Crippen LogP contribution in [0.1, 0.15) is 27.2 Å². The predicted molar refractivity (Wildman–Crippen MR) is 44.2 cm³/mol. The fourth-order valence-corrected chi connectivity index (χ4v) is 0.882. The van der Waals surface area contributed by atoms with Gasteiger partial charge in [-0.25, -0.2) is 0 Å². The second kappa shape index (κ2) is 7.03. The van der Waals surface area contributed by atoms with Crippen LogP contribution in [-0.4, -0.2) is 25.8 Å². The Morgan fingerprint density at radius 3 is 2.50 bits per heavy atom. The van der Waals surface area contributed by atoms with Crippen LogP contribution in [0.3, 0.4) is 0 Å². The van der Waals surface area contributed by atoms with Crippen LogP contribution in [0.15, 0.2) is 0 Å². The fraction of sp³-hybridized carbons (Fsp3) is 1.00. The van der Waals surface area contributed by atoms with Crippen LogP contribution in [0.25, 0.3) is 0 Å². The Kier molecular flexibility index (Phi) is 6.98. The molecular formula is C8H19NO. The zero-order valence-corrected chi connectivity index (χ0v) is 7.31. The van der Waals surface area contributed by atoms with Crippen LogP contribution >= 0.6 is 0 Å². The molecule has 2 heteroatoms. The predicted octanol–water partition coefficient (Wildman–Crippen LogP) is 1.41. The number of hydrogen-bond acceptors (Lipinski definition) is 2. The summed E-state index contributed by atoms with van der Waals surface area (Å²) in [7, 11) is 0.